The Bertz CT molecular complexity index is 1580. The first kappa shape index (κ1) is 17.9. The second-order valence-corrected chi connectivity index (χ2v) is 6.96. The zero-order valence-corrected chi connectivity index (χ0v) is 15.8. The molecule has 0 saturated carbocycles. The normalized spacial score (nSPS) is 11.4. The lowest BCUT2D eigenvalue weighted by Gasteiger charge is -2.08. The van der Waals surface area contributed by atoms with Gasteiger partial charge in [0.15, 0.2) is 0 Å². The van der Waals surface area contributed by atoms with Crippen LogP contribution >= 0.6 is 0 Å². The maximum atomic E-state index is 12.7. The number of carbonyl (C=O) groups excluding carboxylic acids is 1. The fourth-order valence-electron chi connectivity index (χ4n) is 3.49. The number of para-hydroxylation sites is 1. The molecule has 0 unspecified atom stereocenters. The third-order valence-corrected chi connectivity index (χ3v) is 4.90. The quantitative estimate of drug-likeness (QED) is 0.465. The van der Waals surface area contributed by atoms with Crippen molar-refractivity contribution in [1.82, 2.24) is 9.55 Å². The molecule has 148 valence electrons. The number of amides is 1. The summed E-state index contributed by atoms with van der Waals surface area (Å²) in [6.45, 7) is 1.57. The molecule has 30 heavy (non-hydrogen) atoms. The summed E-state index contributed by atoms with van der Waals surface area (Å²) >= 11 is 0. The van der Waals surface area contributed by atoms with Crippen LogP contribution in [0.4, 0.5) is 5.69 Å². The Labute approximate surface area is 168 Å². The Morgan fingerprint density at radius 1 is 1.03 bits per heavy atom. The van der Waals surface area contributed by atoms with Crippen molar-refractivity contribution >= 4 is 44.6 Å². The molecule has 5 rings (SSSR count). The minimum Gasteiger partial charge on any atom is -0.448 e. The number of furan rings is 1. The number of nitrogens with one attached hydrogen (secondary N) is 1. The average Bonchev–Trinajstić information content (AvgIpc) is 3.09. The molecule has 0 bridgehead atoms. The van der Waals surface area contributed by atoms with Crippen LogP contribution in [0.15, 0.2) is 73.3 Å². The molecule has 0 aliphatic heterocycles. The Kier molecular flexibility index (Phi) is 3.99. The van der Waals surface area contributed by atoms with Crippen LogP contribution < -0.4 is 16.5 Å². The first-order valence-electron chi connectivity index (χ1n) is 9.20. The van der Waals surface area contributed by atoms with Gasteiger partial charge in [0.1, 0.15) is 23.2 Å². The number of aromatic nitrogens is 2. The highest BCUT2D eigenvalue weighted by Crippen LogP contribution is 2.24. The number of fused-ring (bicyclic) bond motifs is 4. The summed E-state index contributed by atoms with van der Waals surface area (Å²) in [6.07, 6.45) is 1.33. The number of hydrogen-bond acceptors (Lipinski definition) is 6. The van der Waals surface area contributed by atoms with Crippen LogP contribution in [0.2, 0.25) is 0 Å². The van der Waals surface area contributed by atoms with E-state index < -0.39 is 17.1 Å². The summed E-state index contributed by atoms with van der Waals surface area (Å²) in [6, 6.07) is 13.7. The van der Waals surface area contributed by atoms with Crippen molar-refractivity contribution in [3.63, 3.8) is 0 Å². The maximum absolute atomic E-state index is 12.7. The topological polar surface area (TPSA) is 107 Å². The van der Waals surface area contributed by atoms with Crippen LogP contribution in [-0.2, 0) is 11.3 Å². The molecule has 0 aliphatic rings. The van der Waals surface area contributed by atoms with Crippen molar-refractivity contribution < 1.29 is 13.6 Å². The van der Waals surface area contributed by atoms with Gasteiger partial charge in [-0.2, -0.15) is 0 Å². The first-order valence-corrected chi connectivity index (χ1v) is 9.20. The first-order chi connectivity index (χ1) is 14.5. The van der Waals surface area contributed by atoms with E-state index in [4.69, 9.17) is 8.83 Å². The second-order valence-electron chi connectivity index (χ2n) is 6.96. The summed E-state index contributed by atoms with van der Waals surface area (Å²) in [7, 11) is 0. The van der Waals surface area contributed by atoms with Crippen LogP contribution in [-0.4, -0.2) is 15.5 Å². The molecule has 1 amide bonds. The Hall–Kier alpha value is -4.20. The van der Waals surface area contributed by atoms with Gasteiger partial charge < -0.3 is 14.2 Å². The van der Waals surface area contributed by atoms with Crippen LogP contribution in [0.3, 0.4) is 0 Å². The van der Waals surface area contributed by atoms with E-state index in [1.165, 1.54) is 17.0 Å². The fourth-order valence-corrected chi connectivity index (χ4v) is 3.49. The molecule has 0 atom stereocenters. The van der Waals surface area contributed by atoms with E-state index in [1.807, 2.05) is 25.1 Å². The minimum absolute atomic E-state index is 0.106. The zero-order chi connectivity index (χ0) is 20.8. The molecule has 0 saturated heterocycles. The second kappa shape index (κ2) is 6.70. The van der Waals surface area contributed by atoms with Gasteiger partial charge in [-0.1, -0.05) is 12.1 Å². The van der Waals surface area contributed by atoms with Crippen molar-refractivity contribution in [2.45, 2.75) is 13.5 Å². The van der Waals surface area contributed by atoms with Crippen molar-refractivity contribution in [1.29, 1.82) is 0 Å². The third kappa shape index (κ3) is 2.95. The van der Waals surface area contributed by atoms with Gasteiger partial charge in [0.25, 0.3) is 5.56 Å². The van der Waals surface area contributed by atoms with E-state index >= 15 is 0 Å². The predicted molar refractivity (Wildman–Crippen MR) is 112 cm³/mol. The molecule has 1 N–H and O–H groups in total. The van der Waals surface area contributed by atoms with E-state index in [0.717, 1.165) is 16.3 Å². The molecule has 0 fully saturated rings. The lowest BCUT2D eigenvalue weighted by molar-refractivity contribution is -0.116. The summed E-state index contributed by atoms with van der Waals surface area (Å²) in [5.74, 6) is -0.427. The molecular formula is C22H15N3O5. The predicted octanol–water partition coefficient (Wildman–Crippen LogP) is 3.20. The smallest absolute Gasteiger partial charge is 0.336 e. The summed E-state index contributed by atoms with van der Waals surface area (Å²) < 4.78 is 12.0. The number of nitrogens with zero attached hydrogens (tertiary/aromatic N) is 2. The van der Waals surface area contributed by atoms with Crippen molar-refractivity contribution in [2.75, 3.05) is 5.32 Å². The summed E-state index contributed by atoms with van der Waals surface area (Å²) in [4.78, 5) is 41.1. The SMILES string of the molecule is Cc1cc(=O)oc2cc(NC(=O)Cn3cnc4c(oc5ccccc54)c3=O)ccc12. The van der Waals surface area contributed by atoms with E-state index in [1.54, 1.807) is 24.3 Å². The number of hydrogen-bond donors (Lipinski definition) is 1. The molecule has 0 aliphatic carbocycles. The van der Waals surface area contributed by atoms with E-state index in [0.29, 0.717) is 22.4 Å². The van der Waals surface area contributed by atoms with Gasteiger partial charge in [-0.05, 0) is 36.8 Å². The molecule has 3 heterocycles. The van der Waals surface area contributed by atoms with Gasteiger partial charge in [-0.15, -0.1) is 0 Å². The highest BCUT2D eigenvalue weighted by molar-refractivity contribution is 6.02. The van der Waals surface area contributed by atoms with Crippen molar-refractivity contribution in [3.8, 4) is 0 Å². The van der Waals surface area contributed by atoms with Gasteiger partial charge >= 0.3 is 5.63 Å². The highest BCUT2D eigenvalue weighted by atomic mass is 16.4. The lowest BCUT2D eigenvalue weighted by atomic mass is 10.1. The lowest BCUT2D eigenvalue weighted by Crippen LogP contribution is -2.27. The monoisotopic (exact) mass is 401 g/mol. The van der Waals surface area contributed by atoms with Gasteiger partial charge in [-0.3, -0.25) is 14.2 Å². The molecular weight excluding hydrogens is 386 g/mol. The summed E-state index contributed by atoms with van der Waals surface area (Å²) in [5, 5.41) is 4.23. The van der Waals surface area contributed by atoms with Crippen molar-refractivity contribution in [3.05, 3.63) is 81.2 Å². The molecule has 5 aromatic rings. The Morgan fingerprint density at radius 2 is 1.87 bits per heavy atom. The Balaban J connectivity index is 1.44. The number of benzene rings is 2. The Morgan fingerprint density at radius 3 is 2.73 bits per heavy atom. The number of carbonyl (C=O) groups is 1. The summed E-state index contributed by atoms with van der Waals surface area (Å²) in [5.41, 5.74) is 1.85. The highest BCUT2D eigenvalue weighted by Gasteiger charge is 2.15. The fraction of sp³-hybridized carbons (Fsp3) is 0.0909. The largest absolute Gasteiger partial charge is 0.448 e. The standard InChI is InChI=1S/C22H15N3O5/c1-12-8-19(27)29-17-9-13(6-7-14(12)17)24-18(26)10-25-11-23-20-15-4-2-3-5-16(15)30-21(20)22(25)28/h2-9,11H,10H2,1H3,(H,24,26). The molecule has 2 aromatic carbocycles. The average molecular weight is 401 g/mol. The minimum atomic E-state index is -0.458. The van der Waals surface area contributed by atoms with E-state index in [2.05, 4.69) is 10.3 Å². The van der Waals surface area contributed by atoms with Crippen LogP contribution in [0.1, 0.15) is 5.56 Å². The zero-order valence-electron chi connectivity index (χ0n) is 15.8. The van der Waals surface area contributed by atoms with Crippen LogP contribution in [0.25, 0.3) is 33.0 Å². The van der Waals surface area contributed by atoms with Gasteiger partial charge in [0.05, 0.1) is 6.33 Å². The molecule has 3 aromatic heterocycles. The molecule has 0 radical (unpaired) electrons. The number of rotatable bonds is 3. The van der Waals surface area contributed by atoms with Crippen LogP contribution in [0.5, 0.6) is 0 Å². The van der Waals surface area contributed by atoms with Gasteiger partial charge in [0, 0.05) is 28.6 Å². The maximum Gasteiger partial charge on any atom is 0.336 e. The molecule has 8 nitrogen and oxygen atoms in total. The van der Waals surface area contributed by atoms with Crippen molar-refractivity contribution in [2.24, 2.45) is 0 Å². The van der Waals surface area contributed by atoms with E-state index in [9.17, 15) is 14.4 Å². The van der Waals surface area contributed by atoms with Gasteiger partial charge in [0.2, 0.25) is 11.5 Å². The third-order valence-electron chi connectivity index (χ3n) is 4.90. The van der Waals surface area contributed by atoms with E-state index in [-0.39, 0.29) is 12.1 Å². The molecule has 8 heteroatoms. The number of anilines is 1. The van der Waals surface area contributed by atoms with Crippen LogP contribution in [0, 0.1) is 6.92 Å². The molecule has 0 spiro atoms. The van der Waals surface area contributed by atoms with Gasteiger partial charge in [-0.25, -0.2) is 9.78 Å². The number of aryl methyl sites for hydroxylation is 1.